The minimum atomic E-state index is -0.628. The molecule has 2 rings (SSSR count). The molecule has 2 aromatic carbocycles. The molecule has 0 unspecified atom stereocenters. The van der Waals surface area contributed by atoms with Crippen molar-refractivity contribution in [3.05, 3.63) is 58.4 Å². The van der Waals surface area contributed by atoms with E-state index < -0.39 is 11.6 Å². The molecule has 0 aromatic heterocycles. The van der Waals surface area contributed by atoms with Gasteiger partial charge in [-0.15, -0.1) is 0 Å². The van der Waals surface area contributed by atoms with Gasteiger partial charge in [0.1, 0.15) is 17.3 Å². The molecule has 0 bridgehead atoms. The number of halogens is 2. The minimum Gasteiger partial charge on any atom is -0.497 e. The summed E-state index contributed by atoms with van der Waals surface area (Å²) in [6.07, 6.45) is 0. The highest BCUT2D eigenvalue weighted by Crippen LogP contribution is 2.28. The molecule has 20 heavy (non-hydrogen) atoms. The Labute approximate surface area is 120 Å². The van der Waals surface area contributed by atoms with Gasteiger partial charge in [-0.25, -0.2) is 4.39 Å². The number of benzene rings is 2. The average molecular weight is 295 g/mol. The molecule has 0 radical (unpaired) electrons. The van der Waals surface area contributed by atoms with E-state index in [-0.39, 0.29) is 11.1 Å². The van der Waals surface area contributed by atoms with Crippen LogP contribution < -0.4 is 9.47 Å². The third kappa shape index (κ3) is 2.75. The number of ketones is 1. The number of hydrogen-bond acceptors (Lipinski definition) is 3. The Morgan fingerprint density at radius 2 is 1.80 bits per heavy atom. The van der Waals surface area contributed by atoms with Crippen LogP contribution in [0.4, 0.5) is 4.39 Å². The summed E-state index contributed by atoms with van der Waals surface area (Å²) >= 11 is 5.80. The lowest BCUT2D eigenvalue weighted by molar-refractivity contribution is 0.103. The molecule has 0 N–H and O–H groups in total. The van der Waals surface area contributed by atoms with Crippen molar-refractivity contribution in [2.45, 2.75) is 0 Å². The van der Waals surface area contributed by atoms with Crippen LogP contribution in [0.2, 0.25) is 5.02 Å². The van der Waals surface area contributed by atoms with Crippen LogP contribution >= 0.6 is 11.6 Å². The standard InChI is InChI=1S/C15H12ClFO3/c1-19-10-4-5-11(14(8-10)20-2)15(18)12-7-9(16)3-6-13(12)17/h3-8H,1-2H3. The number of hydrogen-bond donors (Lipinski definition) is 0. The lowest BCUT2D eigenvalue weighted by Crippen LogP contribution is -2.06. The molecule has 0 fully saturated rings. The third-order valence-electron chi connectivity index (χ3n) is 2.83. The van der Waals surface area contributed by atoms with Crippen molar-refractivity contribution in [3.63, 3.8) is 0 Å². The SMILES string of the molecule is COc1ccc(C(=O)c2cc(Cl)ccc2F)c(OC)c1. The Bertz CT molecular complexity index is 656. The van der Waals surface area contributed by atoms with Gasteiger partial charge in [0.25, 0.3) is 0 Å². The van der Waals surface area contributed by atoms with Gasteiger partial charge in [0.2, 0.25) is 0 Å². The maximum absolute atomic E-state index is 13.7. The molecule has 0 aliphatic carbocycles. The van der Waals surface area contributed by atoms with Gasteiger partial charge in [-0.3, -0.25) is 4.79 Å². The summed E-state index contributed by atoms with van der Waals surface area (Å²) in [5.74, 6) is -0.263. The van der Waals surface area contributed by atoms with Crippen LogP contribution in [0.25, 0.3) is 0 Å². The second-order valence-electron chi connectivity index (χ2n) is 4.02. The molecule has 0 spiro atoms. The minimum absolute atomic E-state index is 0.0963. The second-order valence-corrected chi connectivity index (χ2v) is 4.46. The van der Waals surface area contributed by atoms with Crippen molar-refractivity contribution in [2.24, 2.45) is 0 Å². The molecule has 3 nitrogen and oxygen atoms in total. The smallest absolute Gasteiger partial charge is 0.199 e. The van der Waals surface area contributed by atoms with E-state index in [1.54, 1.807) is 12.1 Å². The van der Waals surface area contributed by atoms with Gasteiger partial charge in [0.05, 0.1) is 25.3 Å². The Morgan fingerprint density at radius 1 is 1.05 bits per heavy atom. The fraction of sp³-hybridized carbons (Fsp3) is 0.133. The molecule has 0 heterocycles. The van der Waals surface area contributed by atoms with Crippen molar-refractivity contribution >= 4 is 17.4 Å². The zero-order valence-corrected chi connectivity index (χ0v) is 11.7. The van der Waals surface area contributed by atoms with Gasteiger partial charge in [0.15, 0.2) is 5.78 Å². The first-order valence-corrected chi connectivity index (χ1v) is 6.16. The lowest BCUT2D eigenvalue weighted by atomic mass is 10.0. The molecule has 0 atom stereocenters. The van der Waals surface area contributed by atoms with Crippen molar-refractivity contribution in [2.75, 3.05) is 14.2 Å². The van der Waals surface area contributed by atoms with Crippen molar-refractivity contribution in [3.8, 4) is 11.5 Å². The molecule has 0 aliphatic rings. The number of rotatable bonds is 4. The second kappa shape index (κ2) is 5.92. The van der Waals surface area contributed by atoms with Gasteiger partial charge in [-0.1, -0.05) is 11.6 Å². The Kier molecular flexibility index (Phi) is 4.25. The van der Waals surface area contributed by atoms with Crippen LogP contribution in [0.3, 0.4) is 0 Å². The summed E-state index contributed by atoms with van der Waals surface area (Å²) in [7, 11) is 2.94. The predicted molar refractivity (Wildman–Crippen MR) is 74.4 cm³/mol. The maximum atomic E-state index is 13.7. The quantitative estimate of drug-likeness (QED) is 0.806. The van der Waals surface area contributed by atoms with E-state index in [1.165, 1.54) is 32.4 Å². The van der Waals surface area contributed by atoms with Gasteiger partial charge >= 0.3 is 0 Å². The predicted octanol–water partition coefficient (Wildman–Crippen LogP) is 3.73. The summed E-state index contributed by atoms with van der Waals surface area (Å²) in [6, 6.07) is 8.54. The van der Waals surface area contributed by atoms with E-state index in [0.29, 0.717) is 16.5 Å². The molecule has 0 aliphatic heterocycles. The molecule has 0 saturated carbocycles. The van der Waals surface area contributed by atoms with E-state index in [1.807, 2.05) is 0 Å². The van der Waals surface area contributed by atoms with Crippen LogP contribution in [0.1, 0.15) is 15.9 Å². The molecule has 2 aromatic rings. The largest absolute Gasteiger partial charge is 0.497 e. The average Bonchev–Trinajstić information content (AvgIpc) is 2.48. The lowest BCUT2D eigenvalue weighted by Gasteiger charge is -2.10. The molecule has 104 valence electrons. The Morgan fingerprint density at radius 3 is 2.45 bits per heavy atom. The highest BCUT2D eigenvalue weighted by Gasteiger charge is 2.19. The summed E-state index contributed by atoms with van der Waals surface area (Å²) in [5.41, 5.74) is 0.149. The molecular formula is C15H12ClFO3. The van der Waals surface area contributed by atoms with Crippen LogP contribution in [0, 0.1) is 5.82 Å². The first-order valence-electron chi connectivity index (χ1n) is 5.78. The first kappa shape index (κ1) is 14.3. The van der Waals surface area contributed by atoms with Crippen LogP contribution in [-0.2, 0) is 0 Å². The van der Waals surface area contributed by atoms with E-state index in [4.69, 9.17) is 21.1 Å². The fourth-order valence-electron chi connectivity index (χ4n) is 1.80. The summed E-state index contributed by atoms with van der Waals surface area (Å²) in [6.45, 7) is 0. The molecule has 0 amide bonds. The molecule has 0 saturated heterocycles. The number of carbonyl (C=O) groups is 1. The first-order chi connectivity index (χ1) is 9.56. The van der Waals surface area contributed by atoms with Crippen LogP contribution in [0.15, 0.2) is 36.4 Å². The van der Waals surface area contributed by atoms with Crippen molar-refractivity contribution in [1.82, 2.24) is 0 Å². The van der Waals surface area contributed by atoms with Gasteiger partial charge in [0, 0.05) is 11.1 Å². The Hall–Kier alpha value is -2.07. The van der Waals surface area contributed by atoms with Crippen LogP contribution in [-0.4, -0.2) is 20.0 Å². The van der Waals surface area contributed by atoms with E-state index in [0.717, 1.165) is 6.07 Å². The maximum Gasteiger partial charge on any atom is 0.199 e. The Balaban J connectivity index is 2.50. The number of carbonyl (C=O) groups excluding carboxylic acids is 1. The van der Waals surface area contributed by atoms with E-state index in [9.17, 15) is 9.18 Å². The fourth-order valence-corrected chi connectivity index (χ4v) is 1.97. The number of methoxy groups -OCH3 is 2. The molecular weight excluding hydrogens is 283 g/mol. The summed E-state index contributed by atoms with van der Waals surface area (Å²) in [4.78, 5) is 12.4. The zero-order chi connectivity index (χ0) is 14.7. The van der Waals surface area contributed by atoms with Crippen LogP contribution in [0.5, 0.6) is 11.5 Å². The third-order valence-corrected chi connectivity index (χ3v) is 3.06. The summed E-state index contributed by atoms with van der Waals surface area (Å²) in [5, 5.41) is 0.294. The highest BCUT2D eigenvalue weighted by atomic mass is 35.5. The van der Waals surface area contributed by atoms with E-state index in [2.05, 4.69) is 0 Å². The van der Waals surface area contributed by atoms with E-state index >= 15 is 0 Å². The summed E-state index contributed by atoms with van der Waals surface area (Å²) < 4.78 is 23.9. The number of ether oxygens (including phenoxy) is 2. The van der Waals surface area contributed by atoms with Gasteiger partial charge < -0.3 is 9.47 Å². The monoisotopic (exact) mass is 294 g/mol. The topological polar surface area (TPSA) is 35.5 Å². The highest BCUT2D eigenvalue weighted by molar-refractivity contribution is 6.31. The van der Waals surface area contributed by atoms with Gasteiger partial charge in [-0.2, -0.15) is 0 Å². The normalized spacial score (nSPS) is 10.2. The van der Waals surface area contributed by atoms with Gasteiger partial charge in [-0.05, 0) is 30.3 Å². The van der Waals surface area contributed by atoms with Crippen molar-refractivity contribution < 1.29 is 18.7 Å². The van der Waals surface area contributed by atoms with Crippen molar-refractivity contribution in [1.29, 1.82) is 0 Å². The zero-order valence-electron chi connectivity index (χ0n) is 10.9. The molecule has 5 heteroatoms.